The molecule has 0 saturated carbocycles. The third-order valence-electron chi connectivity index (χ3n) is 7.46. The average molecular weight is 469 g/mol. The van der Waals surface area contributed by atoms with E-state index in [4.69, 9.17) is 4.98 Å². The van der Waals surface area contributed by atoms with Crippen LogP contribution in [0.2, 0.25) is 0 Å². The van der Waals surface area contributed by atoms with E-state index in [-0.39, 0.29) is 22.5 Å². The van der Waals surface area contributed by atoms with Gasteiger partial charge < -0.3 is 9.69 Å². The Morgan fingerprint density at radius 2 is 1.61 bits per heavy atom. The summed E-state index contributed by atoms with van der Waals surface area (Å²) in [6, 6.07) is 7.00. The van der Waals surface area contributed by atoms with E-state index in [0.29, 0.717) is 12.3 Å². The van der Waals surface area contributed by atoms with Crippen molar-refractivity contribution in [3.63, 3.8) is 0 Å². The maximum absolute atomic E-state index is 11.6. The first kappa shape index (κ1) is 25.6. The van der Waals surface area contributed by atoms with Gasteiger partial charge >= 0.3 is 0 Å². The number of piperidine rings is 1. The van der Waals surface area contributed by atoms with Crippen LogP contribution in [0, 0.1) is 0 Å². The van der Waals surface area contributed by atoms with E-state index in [2.05, 4.69) is 51.3 Å². The molecule has 1 amide bonds. The van der Waals surface area contributed by atoms with Crippen LogP contribution in [0.4, 0.5) is 0 Å². The molecule has 4 nitrogen and oxygen atoms in total. The summed E-state index contributed by atoms with van der Waals surface area (Å²) in [4.78, 5) is 28.4. The number of rotatable bonds is 3. The third-order valence-corrected chi connectivity index (χ3v) is 8.47. The molecular formula is C28H40N2O2S. The molecule has 1 saturated heterocycles. The summed E-state index contributed by atoms with van der Waals surface area (Å²) >= 11 is 1.78. The average Bonchev–Trinajstić information content (AvgIpc) is 3.27. The second-order valence-corrected chi connectivity index (χ2v) is 11.8. The number of aromatic nitrogens is 1. The van der Waals surface area contributed by atoms with Crippen LogP contribution in [0.5, 0.6) is 0 Å². The standard InChI is InChI=1S/C24H32N2OS.C4H8O/c1-16(27)26-12-8-17(9-13-26)22-25-21(15-28-22)18-6-7-19-20(14-18)24(4,5)11-10-23(19,2)3;1-3-4(2)5/h6-7,14-15,17H,8-13H2,1-5H3;3H2,1-2H3. The smallest absolute Gasteiger partial charge is 0.219 e. The van der Waals surface area contributed by atoms with Gasteiger partial charge in [-0.25, -0.2) is 4.98 Å². The lowest BCUT2D eigenvalue weighted by molar-refractivity contribution is -0.129. The number of ketones is 1. The van der Waals surface area contributed by atoms with Crippen LogP contribution in [-0.4, -0.2) is 34.7 Å². The van der Waals surface area contributed by atoms with E-state index in [0.717, 1.165) is 31.6 Å². The number of fused-ring (bicyclic) bond motifs is 1. The number of Topliss-reactive ketones (excluding diaryl/α,β-unsaturated/α-hetero) is 1. The molecule has 2 aliphatic rings. The lowest BCUT2D eigenvalue weighted by Crippen LogP contribution is -2.36. The number of nitrogens with zero attached hydrogens (tertiary/aromatic N) is 2. The van der Waals surface area contributed by atoms with Crippen molar-refractivity contribution >= 4 is 23.0 Å². The highest BCUT2D eigenvalue weighted by Crippen LogP contribution is 2.47. The first-order valence-corrected chi connectivity index (χ1v) is 13.2. The topological polar surface area (TPSA) is 50.3 Å². The molecule has 0 bridgehead atoms. The molecule has 1 aromatic carbocycles. The predicted octanol–water partition coefficient (Wildman–Crippen LogP) is 6.87. The minimum absolute atomic E-state index is 0.192. The zero-order valence-corrected chi connectivity index (χ0v) is 22.3. The maximum atomic E-state index is 11.6. The van der Waals surface area contributed by atoms with E-state index in [9.17, 15) is 9.59 Å². The summed E-state index contributed by atoms with van der Waals surface area (Å²) in [5, 5.41) is 3.45. The molecule has 180 valence electrons. The molecule has 33 heavy (non-hydrogen) atoms. The molecule has 0 radical (unpaired) electrons. The summed E-state index contributed by atoms with van der Waals surface area (Å²) < 4.78 is 0. The molecule has 4 rings (SSSR count). The van der Waals surface area contributed by atoms with Gasteiger partial charge in [-0.05, 0) is 60.6 Å². The predicted molar refractivity (Wildman–Crippen MR) is 138 cm³/mol. The number of hydrogen-bond acceptors (Lipinski definition) is 4. The van der Waals surface area contributed by atoms with Crippen molar-refractivity contribution in [2.24, 2.45) is 0 Å². The molecule has 5 heteroatoms. The monoisotopic (exact) mass is 468 g/mol. The van der Waals surface area contributed by atoms with Crippen LogP contribution >= 0.6 is 11.3 Å². The summed E-state index contributed by atoms with van der Waals surface area (Å²) in [6.07, 6.45) is 5.19. The fourth-order valence-corrected chi connectivity index (χ4v) is 5.80. The minimum Gasteiger partial charge on any atom is -0.343 e. The third kappa shape index (κ3) is 5.92. The summed E-state index contributed by atoms with van der Waals surface area (Å²) in [5.74, 6) is 0.935. The van der Waals surface area contributed by atoms with Gasteiger partial charge in [0.1, 0.15) is 5.78 Å². The Morgan fingerprint density at radius 3 is 2.15 bits per heavy atom. The molecule has 0 atom stereocenters. The lowest BCUT2D eigenvalue weighted by atomic mass is 9.63. The van der Waals surface area contributed by atoms with Crippen molar-refractivity contribution in [3.8, 4) is 11.3 Å². The molecular weight excluding hydrogens is 428 g/mol. The van der Waals surface area contributed by atoms with E-state index in [1.54, 1.807) is 25.2 Å². The Bertz CT molecular complexity index is 997. The molecule has 2 heterocycles. The summed E-state index contributed by atoms with van der Waals surface area (Å²) in [7, 11) is 0. The normalized spacial score (nSPS) is 19.3. The zero-order chi connectivity index (χ0) is 24.4. The Labute approximate surface area is 203 Å². The van der Waals surface area contributed by atoms with E-state index < -0.39 is 0 Å². The molecule has 0 spiro atoms. The van der Waals surface area contributed by atoms with Gasteiger partial charge in [-0.2, -0.15) is 0 Å². The van der Waals surface area contributed by atoms with Gasteiger partial charge in [0.25, 0.3) is 0 Å². The number of hydrogen-bond donors (Lipinski definition) is 0. The van der Waals surface area contributed by atoms with Gasteiger partial charge in [0.05, 0.1) is 10.7 Å². The molecule has 0 N–H and O–H groups in total. The minimum atomic E-state index is 0.192. The van der Waals surface area contributed by atoms with E-state index in [1.165, 1.54) is 34.5 Å². The van der Waals surface area contributed by atoms with Crippen molar-refractivity contribution in [2.75, 3.05) is 13.1 Å². The van der Waals surface area contributed by atoms with Crippen LogP contribution in [0.3, 0.4) is 0 Å². The highest BCUT2D eigenvalue weighted by Gasteiger charge is 2.37. The molecule has 1 aromatic heterocycles. The van der Waals surface area contributed by atoms with Crippen molar-refractivity contribution in [1.82, 2.24) is 9.88 Å². The lowest BCUT2D eigenvalue weighted by Gasteiger charge is -2.42. The second-order valence-electron chi connectivity index (χ2n) is 10.9. The van der Waals surface area contributed by atoms with Crippen LogP contribution in [-0.2, 0) is 20.4 Å². The zero-order valence-electron chi connectivity index (χ0n) is 21.5. The largest absolute Gasteiger partial charge is 0.343 e. The van der Waals surface area contributed by atoms with Crippen LogP contribution in [0.25, 0.3) is 11.3 Å². The number of carbonyl (C=O) groups is 2. The first-order valence-electron chi connectivity index (χ1n) is 12.3. The van der Waals surface area contributed by atoms with E-state index in [1.807, 2.05) is 11.8 Å². The second kappa shape index (κ2) is 10.1. The summed E-state index contributed by atoms with van der Waals surface area (Å²) in [5.41, 5.74) is 5.81. The highest BCUT2D eigenvalue weighted by atomic mass is 32.1. The fourth-order valence-electron chi connectivity index (χ4n) is 4.80. The van der Waals surface area contributed by atoms with Gasteiger partial charge in [0.15, 0.2) is 0 Å². The Hall–Kier alpha value is -2.01. The van der Waals surface area contributed by atoms with Crippen molar-refractivity contribution < 1.29 is 9.59 Å². The Kier molecular flexibility index (Phi) is 7.83. The van der Waals surface area contributed by atoms with E-state index >= 15 is 0 Å². The molecule has 1 fully saturated rings. The molecule has 1 aliphatic carbocycles. The number of benzene rings is 1. The number of amides is 1. The van der Waals surface area contributed by atoms with Gasteiger partial charge in [0.2, 0.25) is 5.91 Å². The van der Waals surface area contributed by atoms with Gasteiger partial charge in [-0.1, -0.05) is 46.8 Å². The Morgan fingerprint density at radius 1 is 1.03 bits per heavy atom. The van der Waals surface area contributed by atoms with Gasteiger partial charge in [-0.3, -0.25) is 4.79 Å². The summed E-state index contributed by atoms with van der Waals surface area (Å²) in [6.45, 7) is 16.3. The molecule has 1 aliphatic heterocycles. The van der Waals surface area contributed by atoms with Crippen molar-refractivity contribution in [1.29, 1.82) is 0 Å². The van der Waals surface area contributed by atoms with Crippen LogP contribution < -0.4 is 0 Å². The first-order chi connectivity index (χ1) is 15.4. The maximum Gasteiger partial charge on any atom is 0.219 e. The molecule has 2 aromatic rings. The van der Waals surface area contributed by atoms with Crippen molar-refractivity contribution in [3.05, 3.63) is 39.7 Å². The molecule has 0 unspecified atom stereocenters. The van der Waals surface area contributed by atoms with Crippen LogP contribution in [0.1, 0.15) is 103 Å². The number of thiazole rings is 1. The Balaban J connectivity index is 0.000000555. The van der Waals surface area contributed by atoms with Crippen molar-refractivity contribution in [2.45, 2.75) is 97.3 Å². The quantitative estimate of drug-likeness (QED) is 0.494. The van der Waals surface area contributed by atoms with Gasteiger partial charge in [0, 0.05) is 43.3 Å². The van der Waals surface area contributed by atoms with Crippen LogP contribution in [0.15, 0.2) is 23.6 Å². The number of likely N-dealkylation sites (tertiary alicyclic amines) is 1. The highest BCUT2D eigenvalue weighted by molar-refractivity contribution is 7.10. The van der Waals surface area contributed by atoms with Gasteiger partial charge in [-0.15, -0.1) is 11.3 Å². The SMILES string of the molecule is CC(=O)N1CCC(c2nc(-c3ccc4c(c3)C(C)(C)CCC4(C)C)cs2)CC1.CCC(C)=O. The number of carbonyl (C=O) groups excluding carboxylic acids is 2. The fraction of sp³-hybridized carbons (Fsp3) is 0.607.